The summed E-state index contributed by atoms with van der Waals surface area (Å²) in [5.41, 5.74) is 0. The van der Waals surface area contributed by atoms with Crippen LogP contribution in [0.1, 0.15) is 374 Å². The molecule has 0 saturated carbocycles. The molecule has 0 aromatic rings. The van der Waals surface area contributed by atoms with Gasteiger partial charge in [-0.15, -0.1) is 0 Å². The maximum absolute atomic E-state index is 13.1. The molecule has 0 bridgehead atoms. The first-order valence-corrected chi connectivity index (χ1v) is 42.2. The molecule has 0 aromatic carbocycles. The monoisotopic (exact) mass is 1400 g/mol. The van der Waals surface area contributed by atoms with Crippen LogP contribution in [0.15, 0.2) is 36.5 Å². The molecule has 17 nitrogen and oxygen atoms in total. The topological polar surface area (TPSA) is 237 Å². The van der Waals surface area contributed by atoms with Crippen LogP contribution in [-0.2, 0) is 65.4 Å². The number of allylic oxidation sites excluding steroid dienone is 6. The molecule has 0 aliphatic heterocycles. The van der Waals surface area contributed by atoms with E-state index in [-0.39, 0.29) is 25.7 Å². The third-order valence-electron chi connectivity index (χ3n) is 17.1. The smallest absolute Gasteiger partial charge is 0.462 e. The van der Waals surface area contributed by atoms with E-state index in [0.29, 0.717) is 25.7 Å². The van der Waals surface area contributed by atoms with Crippen molar-refractivity contribution in [1.82, 2.24) is 0 Å². The third kappa shape index (κ3) is 69.7. The normalized spacial score (nSPS) is 14.1. The summed E-state index contributed by atoms with van der Waals surface area (Å²) < 4.78 is 68.5. The van der Waals surface area contributed by atoms with E-state index in [2.05, 4.69) is 64.2 Å². The molecule has 0 aromatic heterocycles. The zero-order chi connectivity index (χ0) is 70.4. The highest BCUT2D eigenvalue weighted by atomic mass is 31.2. The standard InChI is InChI=1S/C77H144O17P2/c1-5-9-13-17-21-25-29-33-35-39-42-46-50-54-58-62-75(80)88-68-72(93-76(81)63-59-55-51-47-43-38-32-28-24-20-16-12-8-4)69-91-95(83,84)89-65-71(78)66-90-96(85,86)92-70-73(67-87-74(79)61-57-53-49-45-41-37-31-27-23-19-15-11-7-3)94-77(82)64-60-56-52-48-44-40-36-34-30-26-22-18-14-10-6-2/h22,26,33-36,71-73,78H,5-21,23-25,27-32,37-70H2,1-4H3,(H,83,84)(H,85,86)/b26-22-,35-33-,36-34-/t71-,72+,73+/m0/s1. The molecule has 19 heteroatoms. The molecule has 564 valence electrons. The number of aliphatic hydroxyl groups excluding tert-OH is 1. The Morgan fingerprint density at radius 2 is 0.510 bits per heavy atom. The van der Waals surface area contributed by atoms with Crippen LogP contribution < -0.4 is 0 Å². The van der Waals surface area contributed by atoms with Gasteiger partial charge in [-0.2, -0.15) is 0 Å². The van der Waals surface area contributed by atoms with Gasteiger partial charge in [0.25, 0.3) is 0 Å². The molecule has 0 rings (SSSR count). The minimum atomic E-state index is -4.97. The lowest BCUT2D eigenvalue weighted by Gasteiger charge is -2.21. The second-order valence-corrected chi connectivity index (χ2v) is 29.6. The van der Waals surface area contributed by atoms with E-state index in [1.54, 1.807) is 0 Å². The maximum Gasteiger partial charge on any atom is 0.472 e. The average molecular weight is 1400 g/mol. The Kier molecular flexibility index (Phi) is 68.7. The van der Waals surface area contributed by atoms with Gasteiger partial charge >= 0.3 is 39.5 Å². The van der Waals surface area contributed by atoms with E-state index in [0.717, 1.165) is 128 Å². The number of hydrogen-bond acceptors (Lipinski definition) is 15. The molecule has 0 amide bonds. The fourth-order valence-electron chi connectivity index (χ4n) is 11.1. The predicted molar refractivity (Wildman–Crippen MR) is 391 cm³/mol. The molecule has 0 fully saturated rings. The molecule has 0 saturated heterocycles. The van der Waals surface area contributed by atoms with Crippen LogP contribution in [0.3, 0.4) is 0 Å². The number of hydrogen-bond donors (Lipinski definition) is 3. The molecule has 0 radical (unpaired) electrons. The minimum Gasteiger partial charge on any atom is -0.462 e. The first-order chi connectivity index (χ1) is 46.7. The van der Waals surface area contributed by atoms with Gasteiger partial charge in [0.05, 0.1) is 26.4 Å². The van der Waals surface area contributed by atoms with Crippen molar-refractivity contribution in [3.63, 3.8) is 0 Å². The lowest BCUT2D eigenvalue weighted by Crippen LogP contribution is -2.30. The van der Waals surface area contributed by atoms with Crippen LogP contribution in [0.4, 0.5) is 0 Å². The Morgan fingerprint density at radius 3 is 0.802 bits per heavy atom. The predicted octanol–water partition coefficient (Wildman–Crippen LogP) is 22.3. The second kappa shape index (κ2) is 70.7. The van der Waals surface area contributed by atoms with Crippen molar-refractivity contribution in [2.45, 2.75) is 393 Å². The maximum atomic E-state index is 13.1. The van der Waals surface area contributed by atoms with Crippen LogP contribution in [0, 0.1) is 0 Å². The number of carbonyl (C=O) groups excluding carboxylic acids is 4. The van der Waals surface area contributed by atoms with E-state index >= 15 is 0 Å². The van der Waals surface area contributed by atoms with Crippen molar-refractivity contribution in [3.8, 4) is 0 Å². The molecule has 3 N–H and O–H groups in total. The molecule has 0 spiro atoms. The Hall–Kier alpha value is -2.72. The summed E-state index contributed by atoms with van der Waals surface area (Å²) in [5, 5.41) is 10.6. The van der Waals surface area contributed by atoms with Crippen LogP contribution in [0.2, 0.25) is 0 Å². The molecule has 0 aliphatic carbocycles. The molecule has 0 aliphatic rings. The van der Waals surface area contributed by atoms with Crippen molar-refractivity contribution >= 4 is 39.5 Å². The van der Waals surface area contributed by atoms with Crippen LogP contribution in [-0.4, -0.2) is 96.7 Å². The number of carbonyl (C=O) groups is 4. The van der Waals surface area contributed by atoms with E-state index in [4.69, 9.17) is 37.0 Å². The highest BCUT2D eigenvalue weighted by Gasteiger charge is 2.30. The van der Waals surface area contributed by atoms with Crippen molar-refractivity contribution in [2.75, 3.05) is 39.6 Å². The van der Waals surface area contributed by atoms with Gasteiger partial charge in [0.2, 0.25) is 0 Å². The largest absolute Gasteiger partial charge is 0.472 e. The van der Waals surface area contributed by atoms with Gasteiger partial charge in [-0.3, -0.25) is 37.3 Å². The highest BCUT2D eigenvalue weighted by Crippen LogP contribution is 2.45. The van der Waals surface area contributed by atoms with Gasteiger partial charge < -0.3 is 33.8 Å². The SMILES string of the molecule is CCCCC/C=C\C/C=C\CCCCCCCC(=O)O[C@H](COC(=O)CCCCCCCCCCCCCCC)COP(=O)(O)OC[C@@H](O)COP(=O)(O)OC[C@@H](COC(=O)CCCCCCC/C=C\CCCCCCCC)OC(=O)CCCCCCCCCCCCCCC. The number of rotatable bonds is 75. The van der Waals surface area contributed by atoms with E-state index in [1.165, 1.54) is 167 Å². The zero-order valence-corrected chi connectivity index (χ0v) is 63.4. The Labute approximate surface area is 585 Å². The van der Waals surface area contributed by atoms with Gasteiger partial charge in [-0.1, -0.05) is 302 Å². The summed E-state index contributed by atoms with van der Waals surface area (Å²) in [6.45, 7) is 4.90. The number of aliphatic hydroxyl groups is 1. The minimum absolute atomic E-state index is 0.0862. The van der Waals surface area contributed by atoms with E-state index in [9.17, 15) is 43.2 Å². The Morgan fingerprint density at radius 1 is 0.292 bits per heavy atom. The first-order valence-electron chi connectivity index (χ1n) is 39.2. The molecule has 5 atom stereocenters. The van der Waals surface area contributed by atoms with Gasteiger partial charge in [-0.25, -0.2) is 9.13 Å². The number of phosphoric acid groups is 2. The van der Waals surface area contributed by atoms with Crippen molar-refractivity contribution < 1.29 is 80.2 Å². The Bertz CT molecular complexity index is 1970. The first kappa shape index (κ1) is 93.3. The number of phosphoric ester groups is 2. The number of esters is 4. The molecule has 96 heavy (non-hydrogen) atoms. The van der Waals surface area contributed by atoms with Crippen LogP contribution >= 0.6 is 15.6 Å². The summed E-state index contributed by atoms with van der Waals surface area (Å²) in [4.78, 5) is 72.8. The lowest BCUT2D eigenvalue weighted by molar-refractivity contribution is -0.161. The second-order valence-electron chi connectivity index (χ2n) is 26.7. The summed E-state index contributed by atoms with van der Waals surface area (Å²) in [7, 11) is -9.93. The van der Waals surface area contributed by atoms with Gasteiger partial charge in [0, 0.05) is 25.7 Å². The third-order valence-corrected chi connectivity index (χ3v) is 19.0. The molecule has 2 unspecified atom stereocenters. The number of unbranched alkanes of at least 4 members (excludes halogenated alkanes) is 43. The van der Waals surface area contributed by atoms with E-state index in [1.807, 2.05) is 0 Å². The summed E-state index contributed by atoms with van der Waals surface area (Å²) in [6, 6.07) is 0. The fraction of sp³-hybridized carbons (Fsp3) is 0.870. The molecular formula is C77H144O17P2. The van der Waals surface area contributed by atoms with Gasteiger partial charge in [0.1, 0.15) is 19.3 Å². The summed E-state index contributed by atoms with van der Waals surface area (Å²) >= 11 is 0. The number of ether oxygens (including phenoxy) is 4. The van der Waals surface area contributed by atoms with Crippen LogP contribution in [0.25, 0.3) is 0 Å². The zero-order valence-electron chi connectivity index (χ0n) is 61.6. The Balaban J connectivity index is 5.31. The van der Waals surface area contributed by atoms with Crippen LogP contribution in [0.5, 0.6) is 0 Å². The van der Waals surface area contributed by atoms with Crippen molar-refractivity contribution in [2.24, 2.45) is 0 Å². The average Bonchev–Trinajstić information content (AvgIpc) is 1.29. The molecule has 0 heterocycles. The summed E-state index contributed by atoms with van der Waals surface area (Å²) in [6.07, 6.45) is 65.5. The molecular weight excluding hydrogens is 1260 g/mol. The van der Waals surface area contributed by atoms with Gasteiger partial charge in [-0.05, 0) is 83.5 Å². The van der Waals surface area contributed by atoms with Crippen molar-refractivity contribution in [1.29, 1.82) is 0 Å². The van der Waals surface area contributed by atoms with Gasteiger partial charge in [0.15, 0.2) is 12.2 Å². The highest BCUT2D eigenvalue weighted by molar-refractivity contribution is 7.47. The fourth-order valence-corrected chi connectivity index (χ4v) is 12.7. The summed E-state index contributed by atoms with van der Waals surface area (Å²) in [5.74, 6) is -2.16. The quantitative estimate of drug-likeness (QED) is 0.0169. The van der Waals surface area contributed by atoms with E-state index < -0.39 is 97.5 Å². The van der Waals surface area contributed by atoms with Crippen molar-refractivity contribution in [3.05, 3.63) is 36.5 Å². The lowest BCUT2D eigenvalue weighted by atomic mass is 10.0.